The van der Waals surface area contributed by atoms with Crippen molar-refractivity contribution in [3.63, 3.8) is 0 Å². The normalized spacial score (nSPS) is 17.3. The summed E-state index contributed by atoms with van der Waals surface area (Å²) < 4.78 is 0. The molecule has 0 bridgehead atoms. The molecule has 2 rings (SSSR count). The molecule has 0 atom stereocenters. The van der Waals surface area contributed by atoms with Crippen LogP contribution in [0.25, 0.3) is 0 Å². The predicted molar refractivity (Wildman–Crippen MR) is 66.4 cm³/mol. The number of nitrogens with one attached hydrogen (secondary N) is 1. The number of anilines is 1. The highest BCUT2D eigenvalue weighted by Crippen LogP contribution is 2.38. The fourth-order valence-electron chi connectivity index (χ4n) is 2.32. The van der Waals surface area contributed by atoms with Gasteiger partial charge >= 0.3 is 0 Å². The Morgan fingerprint density at radius 3 is 2.69 bits per heavy atom. The summed E-state index contributed by atoms with van der Waals surface area (Å²) in [5.74, 6) is 0. The van der Waals surface area contributed by atoms with E-state index in [2.05, 4.69) is 24.4 Å². The molecule has 0 heterocycles. The lowest BCUT2D eigenvalue weighted by Crippen LogP contribution is -2.44. The molecule has 0 aromatic heterocycles. The molecule has 16 heavy (non-hydrogen) atoms. The quantitative estimate of drug-likeness (QED) is 0.834. The van der Waals surface area contributed by atoms with Gasteiger partial charge in [-0.2, -0.15) is 5.26 Å². The molecule has 84 valence electrons. The molecule has 2 heteroatoms. The summed E-state index contributed by atoms with van der Waals surface area (Å²) in [7, 11) is 0. The molecule has 0 radical (unpaired) electrons. The Bertz CT molecular complexity index is 419. The second-order valence-corrected chi connectivity index (χ2v) is 4.77. The van der Waals surface area contributed by atoms with Gasteiger partial charge in [0.2, 0.25) is 0 Å². The van der Waals surface area contributed by atoms with Crippen molar-refractivity contribution in [2.45, 2.75) is 45.1 Å². The topological polar surface area (TPSA) is 35.8 Å². The third-order valence-corrected chi connectivity index (χ3v) is 3.68. The van der Waals surface area contributed by atoms with E-state index < -0.39 is 0 Å². The van der Waals surface area contributed by atoms with Crippen molar-refractivity contribution in [1.29, 1.82) is 5.26 Å². The minimum absolute atomic E-state index is 0.251. The highest BCUT2D eigenvalue weighted by atomic mass is 15.0. The van der Waals surface area contributed by atoms with Gasteiger partial charge in [0.05, 0.1) is 11.3 Å². The van der Waals surface area contributed by atoms with Crippen LogP contribution in [0.5, 0.6) is 0 Å². The van der Waals surface area contributed by atoms with Crippen molar-refractivity contribution in [2.75, 3.05) is 5.32 Å². The zero-order valence-corrected chi connectivity index (χ0v) is 10.0. The maximum absolute atomic E-state index is 9.11. The molecular weight excluding hydrogens is 196 g/mol. The average Bonchev–Trinajstić information content (AvgIpc) is 2.25. The van der Waals surface area contributed by atoms with E-state index in [1.807, 2.05) is 19.1 Å². The molecule has 1 aliphatic carbocycles. The van der Waals surface area contributed by atoms with E-state index in [4.69, 9.17) is 5.26 Å². The first kappa shape index (κ1) is 11.0. The molecule has 1 aliphatic rings. The van der Waals surface area contributed by atoms with E-state index in [1.165, 1.54) is 19.3 Å². The van der Waals surface area contributed by atoms with Crippen molar-refractivity contribution in [3.8, 4) is 6.07 Å². The van der Waals surface area contributed by atoms with Gasteiger partial charge in [-0.3, -0.25) is 0 Å². The number of rotatable bonds is 3. The van der Waals surface area contributed by atoms with Crippen LogP contribution in [-0.4, -0.2) is 5.54 Å². The molecule has 0 unspecified atom stereocenters. The number of hydrogen-bond donors (Lipinski definition) is 1. The van der Waals surface area contributed by atoms with Crippen molar-refractivity contribution in [2.24, 2.45) is 0 Å². The SMILES string of the molecule is CCC1(Nc2ccc(C)cc2C#N)CCC1. The minimum atomic E-state index is 0.251. The lowest BCUT2D eigenvalue weighted by atomic mass is 9.74. The highest BCUT2D eigenvalue weighted by Gasteiger charge is 2.35. The van der Waals surface area contributed by atoms with Gasteiger partial charge in [-0.1, -0.05) is 13.0 Å². The second-order valence-electron chi connectivity index (χ2n) is 4.77. The number of aryl methyl sites for hydroxylation is 1. The van der Waals surface area contributed by atoms with Crippen LogP contribution in [0.15, 0.2) is 18.2 Å². The first-order valence-electron chi connectivity index (χ1n) is 5.98. The van der Waals surface area contributed by atoms with Crippen molar-refractivity contribution in [3.05, 3.63) is 29.3 Å². The van der Waals surface area contributed by atoms with Gasteiger partial charge in [0.1, 0.15) is 6.07 Å². The lowest BCUT2D eigenvalue weighted by molar-refractivity contribution is 0.269. The fourth-order valence-corrected chi connectivity index (χ4v) is 2.32. The molecule has 2 nitrogen and oxygen atoms in total. The van der Waals surface area contributed by atoms with Crippen LogP contribution in [0.2, 0.25) is 0 Å². The van der Waals surface area contributed by atoms with Gasteiger partial charge in [0, 0.05) is 5.54 Å². The zero-order valence-electron chi connectivity index (χ0n) is 10.0. The van der Waals surface area contributed by atoms with E-state index >= 15 is 0 Å². The predicted octanol–water partition coefficient (Wildman–Crippen LogP) is 3.61. The maximum Gasteiger partial charge on any atom is 0.101 e. The maximum atomic E-state index is 9.11. The summed E-state index contributed by atoms with van der Waals surface area (Å²) in [5.41, 5.74) is 3.15. The van der Waals surface area contributed by atoms with Crippen LogP contribution in [0.1, 0.15) is 43.7 Å². The fraction of sp³-hybridized carbons (Fsp3) is 0.500. The van der Waals surface area contributed by atoms with E-state index in [9.17, 15) is 0 Å². The van der Waals surface area contributed by atoms with Gasteiger partial charge in [0.25, 0.3) is 0 Å². The number of nitrogens with zero attached hydrogens (tertiary/aromatic N) is 1. The van der Waals surface area contributed by atoms with Gasteiger partial charge in [0.15, 0.2) is 0 Å². The van der Waals surface area contributed by atoms with Crippen molar-refractivity contribution >= 4 is 5.69 Å². The van der Waals surface area contributed by atoms with Gasteiger partial charge < -0.3 is 5.32 Å². The highest BCUT2D eigenvalue weighted by molar-refractivity contribution is 5.60. The largest absolute Gasteiger partial charge is 0.379 e. The molecule has 1 aromatic carbocycles. The zero-order chi connectivity index (χ0) is 11.6. The van der Waals surface area contributed by atoms with Gasteiger partial charge in [-0.05, 0) is 50.3 Å². The third kappa shape index (κ3) is 1.90. The number of nitriles is 1. The van der Waals surface area contributed by atoms with E-state index in [0.29, 0.717) is 0 Å². The minimum Gasteiger partial charge on any atom is -0.379 e. The standard InChI is InChI=1S/C14H18N2/c1-3-14(7-4-8-14)16-13-6-5-11(2)9-12(13)10-15/h5-6,9,16H,3-4,7-8H2,1-2H3. The Morgan fingerprint density at radius 2 is 2.19 bits per heavy atom. The number of benzene rings is 1. The smallest absolute Gasteiger partial charge is 0.101 e. The Morgan fingerprint density at radius 1 is 1.44 bits per heavy atom. The van der Waals surface area contributed by atoms with Gasteiger partial charge in [-0.15, -0.1) is 0 Å². The Labute approximate surface area is 97.3 Å². The van der Waals surface area contributed by atoms with Crippen LogP contribution in [0, 0.1) is 18.3 Å². The summed E-state index contributed by atoms with van der Waals surface area (Å²) >= 11 is 0. The van der Waals surface area contributed by atoms with E-state index in [1.54, 1.807) is 0 Å². The third-order valence-electron chi connectivity index (χ3n) is 3.68. The first-order valence-corrected chi connectivity index (χ1v) is 5.98. The molecule has 0 spiro atoms. The average molecular weight is 214 g/mol. The Balaban J connectivity index is 2.24. The monoisotopic (exact) mass is 214 g/mol. The Kier molecular flexibility index (Phi) is 2.87. The molecule has 1 saturated carbocycles. The van der Waals surface area contributed by atoms with Crippen molar-refractivity contribution < 1.29 is 0 Å². The van der Waals surface area contributed by atoms with Gasteiger partial charge in [-0.25, -0.2) is 0 Å². The summed E-state index contributed by atoms with van der Waals surface area (Å²) in [4.78, 5) is 0. The summed E-state index contributed by atoms with van der Waals surface area (Å²) in [6.45, 7) is 4.23. The summed E-state index contributed by atoms with van der Waals surface area (Å²) in [6, 6.07) is 8.31. The molecule has 1 fully saturated rings. The molecule has 1 aromatic rings. The van der Waals surface area contributed by atoms with Crippen LogP contribution >= 0.6 is 0 Å². The molecular formula is C14H18N2. The molecule has 0 saturated heterocycles. The molecule has 1 N–H and O–H groups in total. The Hall–Kier alpha value is -1.49. The second kappa shape index (κ2) is 4.17. The molecule has 0 amide bonds. The van der Waals surface area contributed by atoms with Crippen LogP contribution in [0.3, 0.4) is 0 Å². The number of hydrogen-bond acceptors (Lipinski definition) is 2. The summed E-state index contributed by atoms with van der Waals surface area (Å²) in [6.07, 6.45) is 4.88. The summed E-state index contributed by atoms with van der Waals surface area (Å²) in [5, 5.41) is 12.7. The first-order chi connectivity index (χ1) is 7.69. The van der Waals surface area contributed by atoms with Crippen LogP contribution in [-0.2, 0) is 0 Å². The lowest BCUT2D eigenvalue weighted by Gasteiger charge is -2.43. The van der Waals surface area contributed by atoms with Crippen LogP contribution in [0.4, 0.5) is 5.69 Å². The van der Waals surface area contributed by atoms with E-state index in [-0.39, 0.29) is 5.54 Å². The molecule has 0 aliphatic heterocycles. The van der Waals surface area contributed by atoms with Crippen LogP contribution < -0.4 is 5.32 Å². The van der Waals surface area contributed by atoms with E-state index in [0.717, 1.165) is 23.2 Å². The van der Waals surface area contributed by atoms with Crippen molar-refractivity contribution in [1.82, 2.24) is 0 Å².